The second-order valence-corrected chi connectivity index (χ2v) is 5.26. The molecule has 0 saturated heterocycles. The zero-order valence-electron chi connectivity index (χ0n) is 11.1. The van der Waals surface area contributed by atoms with Gasteiger partial charge in [-0.25, -0.2) is 0 Å². The first kappa shape index (κ1) is 12.2. The normalized spacial score (nSPS) is 14.4. The lowest BCUT2D eigenvalue weighted by Crippen LogP contribution is -2.13. The van der Waals surface area contributed by atoms with E-state index in [4.69, 9.17) is 4.98 Å². The van der Waals surface area contributed by atoms with Crippen molar-refractivity contribution in [3.63, 3.8) is 0 Å². The predicted molar refractivity (Wildman–Crippen MR) is 74.5 cm³/mol. The van der Waals surface area contributed by atoms with Crippen LogP contribution in [0, 0.1) is 6.92 Å². The number of aliphatic carboxylic acids is 1. The average molecular weight is 255 g/mol. The van der Waals surface area contributed by atoms with Gasteiger partial charge in [-0.15, -0.1) is 0 Å². The van der Waals surface area contributed by atoms with E-state index in [1.54, 1.807) is 0 Å². The molecule has 0 spiro atoms. The summed E-state index contributed by atoms with van der Waals surface area (Å²) < 4.78 is 0. The molecule has 0 amide bonds. The van der Waals surface area contributed by atoms with Crippen LogP contribution in [0.3, 0.4) is 0 Å². The Labute approximate surface area is 112 Å². The standard InChI is InChI=1S/C16H17NO2/c1-10-5-4-7-12-13(9-15(18)19)11-6-2-3-8-14(11)17-16(10)12/h4-5,7H,2-3,6,8-9H2,1H3,(H,18,19). The Morgan fingerprint density at radius 3 is 2.89 bits per heavy atom. The minimum atomic E-state index is -0.762. The predicted octanol–water partition coefficient (Wildman–Crippen LogP) is 3.05. The molecule has 0 aliphatic heterocycles. The number of fused-ring (bicyclic) bond motifs is 2. The molecule has 98 valence electrons. The number of hydrogen-bond donors (Lipinski definition) is 1. The molecule has 1 aliphatic rings. The molecule has 0 radical (unpaired) electrons. The van der Waals surface area contributed by atoms with E-state index in [1.807, 2.05) is 25.1 Å². The van der Waals surface area contributed by atoms with E-state index in [1.165, 1.54) is 5.56 Å². The van der Waals surface area contributed by atoms with Crippen LogP contribution in [0.5, 0.6) is 0 Å². The molecule has 1 aromatic heterocycles. The lowest BCUT2D eigenvalue weighted by Gasteiger charge is -2.20. The lowest BCUT2D eigenvalue weighted by molar-refractivity contribution is -0.136. The number of benzene rings is 1. The van der Waals surface area contributed by atoms with Crippen LogP contribution >= 0.6 is 0 Å². The molecule has 0 atom stereocenters. The molecule has 0 unspecified atom stereocenters. The summed E-state index contributed by atoms with van der Waals surface area (Å²) in [4.78, 5) is 16.0. The van der Waals surface area contributed by atoms with Crippen molar-refractivity contribution in [2.24, 2.45) is 0 Å². The molecule has 3 rings (SSSR count). The summed E-state index contributed by atoms with van der Waals surface area (Å²) >= 11 is 0. The SMILES string of the molecule is Cc1cccc2c(CC(=O)O)c3c(nc12)CCCC3. The third kappa shape index (κ3) is 2.09. The number of para-hydroxylation sites is 1. The molecule has 0 saturated carbocycles. The Bertz CT molecular complexity index is 661. The summed E-state index contributed by atoms with van der Waals surface area (Å²) in [6, 6.07) is 6.03. The number of hydrogen-bond acceptors (Lipinski definition) is 2. The zero-order valence-corrected chi connectivity index (χ0v) is 11.1. The van der Waals surface area contributed by atoms with E-state index in [9.17, 15) is 9.90 Å². The second-order valence-electron chi connectivity index (χ2n) is 5.26. The number of carbonyl (C=O) groups is 1. The van der Waals surface area contributed by atoms with Gasteiger partial charge in [0, 0.05) is 11.1 Å². The summed E-state index contributed by atoms with van der Waals surface area (Å²) in [6.45, 7) is 2.04. The first-order chi connectivity index (χ1) is 9.16. The number of carboxylic acid groups (broad SMARTS) is 1. The van der Waals surface area contributed by atoms with Gasteiger partial charge in [0.2, 0.25) is 0 Å². The summed E-state index contributed by atoms with van der Waals surface area (Å²) in [5.74, 6) is -0.762. The van der Waals surface area contributed by atoms with Gasteiger partial charge < -0.3 is 5.11 Å². The van der Waals surface area contributed by atoms with Crippen LogP contribution in [0.25, 0.3) is 10.9 Å². The molecule has 0 fully saturated rings. The number of aromatic nitrogens is 1. The molecule has 3 nitrogen and oxygen atoms in total. The second kappa shape index (κ2) is 4.65. The largest absolute Gasteiger partial charge is 0.481 e. The topological polar surface area (TPSA) is 50.2 Å². The van der Waals surface area contributed by atoms with Crippen molar-refractivity contribution in [1.29, 1.82) is 0 Å². The van der Waals surface area contributed by atoms with Gasteiger partial charge in [-0.05, 0) is 49.3 Å². The Morgan fingerprint density at radius 1 is 1.32 bits per heavy atom. The number of rotatable bonds is 2. The number of nitrogens with zero attached hydrogens (tertiary/aromatic N) is 1. The summed E-state index contributed by atoms with van der Waals surface area (Å²) in [6.07, 6.45) is 4.34. The molecule has 2 aromatic rings. The first-order valence-electron chi connectivity index (χ1n) is 6.78. The fraction of sp³-hybridized carbons (Fsp3) is 0.375. The van der Waals surface area contributed by atoms with Gasteiger partial charge in [-0.2, -0.15) is 0 Å². The van der Waals surface area contributed by atoms with Crippen molar-refractivity contribution >= 4 is 16.9 Å². The average Bonchev–Trinajstić information content (AvgIpc) is 2.39. The highest BCUT2D eigenvalue weighted by Gasteiger charge is 2.20. The highest BCUT2D eigenvalue weighted by Crippen LogP contribution is 2.30. The summed E-state index contributed by atoms with van der Waals surface area (Å²) in [5, 5.41) is 10.2. The van der Waals surface area contributed by atoms with Crippen LogP contribution in [-0.4, -0.2) is 16.1 Å². The lowest BCUT2D eigenvalue weighted by atomic mass is 9.88. The van der Waals surface area contributed by atoms with Gasteiger partial charge in [0.15, 0.2) is 0 Å². The molecule has 1 aromatic carbocycles. The quantitative estimate of drug-likeness (QED) is 0.897. The molecule has 0 bridgehead atoms. The van der Waals surface area contributed by atoms with Crippen LogP contribution in [0.4, 0.5) is 0 Å². The third-order valence-corrected chi connectivity index (χ3v) is 3.94. The molecular formula is C16H17NO2. The molecule has 3 heteroatoms. The monoisotopic (exact) mass is 255 g/mol. The van der Waals surface area contributed by atoms with Crippen LogP contribution in [0.2, 0.25) is 0 Å². The van der Waals surface area contributed by atoms with Crippen molar-refractivity contribution in [3.8, 4) is 0 Å². The van der Waals surface area contributed by atoms with E-state index in [2.05, 4.69) is 0 Å². The first-order valence-corrected chi connectivity index (χ1v) is 6.78. The Hall–Kier alpha value is -1.90. The Morgan fingerprint density at radius 2 is 2.11 bits per heavy atom. The van der Waals surface area contributed by atoms with Crippen molar-refractivity contribution in [2.45, 2.75) is 39.0 Å². The van der Waals surface area contributed by atoms with E-state index in [0.717, 1.165) is 53.4 Å². The van der Waals surface area contributed by atoms with Gasteiger partial charge in [-0.3, -0.25) is 9.78 Å². The molecule has 1 N–H and O–H groups in total. The summed E-state index contributed by atoms with van der Waals surface area (Å²) in [7, 11) is 0. The van der Waals surface area contributed by atoms with Crippen molar-refractivity contribution in [3.05, 3.63) is 40.6 Å². The van der Waals surface area contributed by atoms with Crippen LogP contribution in [0.15, 0.2) is 18.2 Å². The summed E-state index contributed by atoms with van der Waals surface area (Å²) in [5.41, 5.74) is 5.38. The van der Waals surface area contributed by atoms with E-state index < -0.39 is 5.97 Å². The zero-order chi connectivity index (χ0) is 13.4. The van der Waals surface area contributed by atoms with Crippen LogP contribution in [0.1, 0.15) is 35.2 Å². The van der Waals surface area contributed by atoms with E-state index in [0.29, 0.717) is 0 Å². The highest BCUT2D eigenvalue weighted by molar-refractivity contribution is 5.89. The van der Waals surface area contributed by atoms with Crippen molar-refractivity contribution in [1.82, 2.24) is 4.98 Å². The maximum Gasteiger partial charge on any atom is 0.307 e. The Kier molecular flexibility index (Phi) is 2.97. The third-order valence-electron chi connectivity index (χ3n) is 3.94. The minimum Gasteiger partial charge on any atom is -0.481 e. The molecule has 1 aliphatic carbocycles. The van der Waals surface area contributed by atoms with E-state index in [-0.39, 0.29) is 6.42 Å². The molecule has 1 heterocycles. The van der Waals surface area contributed by atoms with Gasteiger partial charge >= 0.3 is 5.97 Å². The number of aryl methyl sites for hydroxylation is 2. The van der Waals surface area contributed by atoms with Gasteiger partial charge in [0.1, 0.15) is 0 Å². The fourth-order valence-corrected chi connectivity index (χ4v) is 3.04. The minimum absolute atomic E-state index is 0.102. The van der Waals surface area contributed by atoms with Crippen molar-refractivity contribution in [2.75, 3.05) is 0 Å². The van der Waals surface area contributed by atoms with Crippen LogP contribution < -0.4 is 0 Å². The number of pyridine rings is 1. The van der Waals surface area contributed by atoms with Gasteiger partial charge in [0.05, 0.1) is 11.9 Å². The van der Waals surface area contributed by atoms with Gasteiger partial charge in [0.25, 0.3) is 0 Å². The van der Waals surface area contributed by atoms with Crippen LogP contribution in [-0.2, 0) is 24.1 Å². The molecular weight excluding hydrogens is 238 g/mol. The fourth-order valence-electron chi connectivity index (χ4n) is 3.04. The van der Waals surface area contributed by atoms with E-state index >= 15 is 0 Å². The molecule has 19 heavy (non-hydrogen) atoms. The smallest absolute Gasteiger partial charge is 0.307 e. The maximum absolute atomic E-state index is 11.2. The highest BCUT2D eigenvalue weighted by atomic mass is 16.4. The van der Waals surface area contributed by atoms with Crippen molar-refractivity contribution < 1.29 is 9.90 Å². The number of carboxylic acids is 1. The Balaban J connectivity index is 2.33. The maximum atomic E-state index is 11.2. The van der Waals surface area contributed by atoms with Gasteiger partial charge in [-0.1, -0.05) is 18.2 Å².